The lowest BCUT2D eigenvalue weighted by Gasteiger charge is -2.04. The van der Waals surface area contributed by atoms with Crippen molar-refractivity contribution in [2.45, 2.75) is 18.9 Å². The highest BCUT2D eigenvalue weighted by Gasteiger charge is 2.14. The number of nitrogens with zero attached hydrogens (tertiary/aromatic N) is 2. The lowest BCUT2D eigenvalue weighted by atomic mass is 10.1. The summed E-state index contributed by atoms with van der Waals surface area (Å²) in [5.41, 5.74) is 7.05. The fourth-order valence-corrected chi connectivity index (χ4v) is 2.13. The Morgan fingerprint density at radius 3 is 3.05 bits per heavy atom. The Balaban J connectivity index is 2.01. The summed E-state index contributed by atoms with van der Waals surface area (Å²) in [6, 6.07) is 7.73. The van der Waals surface area contributed by atoms with Crippen LogP contribution in [0.5, 0.6) is 0 Å². The highest BCUT2D eigenvalue weighted by atomic mass is 79.9. The summed E-state index contributed by atoms with van der Waals surface area (Å²) in [4.78, 5) is 4.31. The second-order valence-corrected chi connectivity index (χ2v) is 5.16. The van der Waals surface area contributed by atoms with Crippen LogP contribution in [-0.4, -0.2) is 23.9 Å². The molecular weight excluding hydrogens is 310 g/mol. The first-order valence-electron chi connectivity index (χ1n) is 6.00. The van der Waals surface area contributed by atoms with E-state index in [0.29, 0.717) is 31.2 Å². The van der Waals surface area contributed by atoms with Crippen LogP contribution >= 0.6 is 15.9 Å². The lowest BCUT2D eigenvalue weighted by Crippen LogP contribution is -2.13. The van der Waals surface area contributed by atoms with Gasteiger partial charge in [0.25, 0.3) is 0 Å². The zero-order valence-electron chi connectivity index (χ0n) is 10.7. The summed E-state index contributed by atoms with van der Waals surface area (Å²) in [5.74, 6) is 1.10. The molecule has 0 radical (unpaired) electrons. The third kappa shape index (κ3) is 4.12. The van der Waals surface area contributed by atoms with Crippen LogP contribution in [0.15, 0.2) is 33.3 Å². The molecule has 0 bridgehead atoms. The van der Waals surface area contributed by atoms with E-state index in [0.717, 1.165) is 10.0 Å². The third-order valence-corrected chi connectivity index (χ3v) is 3.18. The molecule has 1 unspecified atom stereocenters. The van der Waals surface area contributed by atoms with E-state index in [4.69, 9.17) is 15.0 Å². The summed E-state index contributed by atoms with van der Waals surface area (Å²) in [6.45, 7) is 0.574. The van der Waals surface area contributed by atoms with E-state index < -0.39 is 0 Å². The van der Waals surface area contributed by atoms with Crippen molar-refractivity contribution in [1.29, 1.82) is 0 Å². The van der Waals surface area contributed by atoms with Crippen LogP contribution in [0.25, 0.3) is 0 Å². The molecule has 1 atom stereocenters. The van der Waals surface area contributed by atoms with Gasteiger partial charge >= 0.3 is 0 Å². The van der Waals surface area contributed by atoms with Crippen LogP contribution in [0, 0.1) is 0 Å². The van der Waals surface area contributed by atoms with E-state index in [9.17, 15) is 0 Å². The first-order chi connectivity index (χ1) is 9.19. The maximum atomic E-state index is 5.93. The summed E-state index contributed by atoms with van der Waals surface area (Å²) < 4.78 is 11.2. The van der Waals surface area contributed by atoms with Gasteiger partial charge in [0.1, 0.15) is 0 Å². The largest absolute Gasteiger partial charge is 0.385 e. The predicted octanol–water partition coefficient (Wildman–Crippen LogP) is 2.46. The fourth-order valence-electron chi connectivity index (χ4n) is 1.69. The zero-order chi connectivity index (χ0) is 13.7. The second-order valence-electron chi connectivity index (χ2n) is 4.24. The molecule has 19 heavy (non-hydrogen) atoms. The van der Waals surface area contributed by atoms with Gasteiger partial charge < -0.3 is 15.0 Å². The number of rotatable bonds is 6. The van der Waals surface area contributed by atoms with Gasteiger partial charge in [-0.25, -0.2) is 0 Å². The van der Waals surface area contributed by atoms with Gasteiger partial charge in [-0.1, -0.05) is 33.2 Å². The lowest BCUT2D eigenvalue weighted by molar-refractivity contribution is 0.182. The SMILES string of the molecule is COCCC(N)c1nc(Cc2cccc(Br)c2)no1. The van der Waals surface area contributed by atoms with Crippen LogP contribution in [0.3, 0.4) is 0 Å². The van der Waals surface area contributed by atoms with Crippen molar-refractivity contribution in [3.63, 3.8) is 0 Å². The summed E-state index contributed by atoms with van der Waals surface area (Å²) in [5, 5.41) is 3.95. The van der Waals surface area contributed by atoms with E-state index in [1.54, 1.807) is 7.11 Å². The minimum atomic E-state index is -0.274. The smallest absolute Gasteiger partial charge is 0.243 e. The molecule has 0 spiro atoms. The van der Waals surface area contributed by atoms with E-state index in [2.05, 4.69) is 26.1 Å². The number of halogens is 1. The summed E-state index contributed by atoms with van der Waals surface area (Å²) in [6.07, 6.45) is 1.29. The Hall–Kier alpha value is -1.24. The molecule has 0 amide bonds. The topological polar surface area (TPSA) is 74.2 Å². The van der Waals surface area contributed by atoms with E-state index in [-0.39, 0.29) is 6.04 Å². The highest BCUT2D eigenvalue weighted by molar-refractivity contribution is 9.10. The van der Waals surface area contributed by atoms with Crippen molar-refractivity contribution in [3.8, 4) is 0 Å². The van der Waals surface area contributed by atoms with Crippen molar-refractivity contribution in [3.05, 3.63) is 46.0 Å². The molecule has 0 aliphatic rings. The van der Waals surface area contributed by atoms with Gasteiger partial charge in [-0.05, 0) is 24.1 Å². The monoisotopic (exact) mass is 325 g/mol. The van der Waals surface area contributed by atoms with E-state index >= 15 is 0 Å². The van der Waals surface area contributed by atoms with Crippen molar-refractivity contribution < 1.29 is 9.26 Å². The Labute approximate surface area is 120 Å². The molecule has 1 aromatic carbocycles. The van der Waals surface area contributed by atoms with Gasteiger partial charge in [0.05, 0.1) is 6.04 Å². The van der Waals surface area contributed by atoms with Crippen LogP contribution in [-0.2, 0) is 11.2 Å². The van der Waals surface area contributed by atoms with Crippen molar-refractivity contribution in [1.82, 2.24) is 10.1 Å². The molecule has 6 heteroatoms. The van der Waals surface area contributed by atoms with Gasteiger partial charge in [0.15, 0.2) is 5.82 Å². The molecule has 0 aliphatic heterocycles. The van der Waals surface area contributed by atoms with Gasteiger partial charge in [-0.2, -0.15) is 4.98 Å². The van der Waals surface area contributed by atoms with E-state index in [1.165, 1.54) is 0 Å². The standard InChI is InChI=1S/C13H16BrN3O2/c1-18-6-5-11(15)13-16-12(17-19-13)8-9-3-2-4-10(14)7-9/h2-4,7,11H,5-6,8,15H2,1H3. The molecule has 102 valence electrons. The Morgan fingerprint density at radius 2 is 2.32 bits per heavy atom. The number of aromatic nitrogens is 2. The molecular formula is C13H16BrN3O2. The Bertz CT molecular complexity index is 530. The number of hydrogen-bond acceptors (Lipinski definition) is 5. The van der Waals surface area contributed by atoms with Gasteiger partial charge in [0, 0.05) is 24.6 Å². The fraction of sp³-hybridized carbons (Fsp3) is 0.385. The van der Waals surface area contributed by atoms with Crippen LogP contribution in [0.1, 0.15) is 29.7 Å². The normalized spacial score (nSPS) is 12.6. The predicted molar refractivity (Wildman–Crippen MR) is 74.7 cm³/mol. The van der Waals surface area contributed by atoms with Gasteiger partial charge in [-0.15, -0.1) is 0 Å². The molecule has 2 N–H and O–H groups in total. The number of methoxy groups -OCH3 is 1. The molecule has 1 heterocycles. The van der Waals surface area contributed by atoms with Crippen molar-refractivity contribution in [2.24, 2.45) is 5.73 Å². The maximum absolute atomic E-state index is 5.93. The molecule has 0 aliphatic carbocycles. The average Bonchev–Trinajstić information content (AvgIpc) is 2.84. The third-order valence-electron chi connectivity index (χ3n) is 2.69. The molecule has 2 rings (SSSR count). The Kier molecular flexibility index (Phi) is 5.07. The summed E-state index contributed by atoms with van der Waals surface area (Å²) in [7, 11) is 1.64. The number of nitrogens with two attached hydrogens (primary N) is 1. The molecule has 2 aromatic rings. The van der Waals surface area contributed by atoms with Crippen LogP contribution < -0.4 is 5.73 Å². The average molecular weight is 326 g/mol. The molecule has 5 nitrogen and oxygen atoms in total. The van der Waals surface area contributed by atoms with Crippen LogP contribution in [0.4, 0.5) is 0 Å². The van der Waals surface area contributed by atoms with Crippen molar-refractivity contribution in [2.75, 3.05) is 13.7 Å². The maximum Gasteiger partial charge on any atom is 0.243 e. The molecule has 1 aromatic heterocycles. The minimum Gasteiger partial charge on any atom is -0.385 e. The van der Waals surface area contributed by atoms with Gasteiger partial charge in [-0.3, -0.25) is 0 Å². The van der Waals surface area contributed by atoms with E-state index in [1.807, 2.05) is 24.3 Å². The number of hydrogen-bond donors (Lipinski definition) is 1. The summed E-state index contributed by atoms with van der Waals surface area (Å²) >= 11 is 3.43. The number of benzene rings is 1. The second kappa shape index (κ2) is 6.79. The van der Waals surface area contributed by atoms with Crippen LogP contribution in [0.2, 0.25) is 0 Å². The Morgan fingerprint density at radius 1 is 1.47 bits per heavy atom. The first kappa shape index (κ1) is 14.2. The molecule has 0 saturated carbocycles. The zero-order valence-corrected chi connectivity index (χ0v) is 12.3. The first-order valence-corrected chi connectivity index (χ1v) is 6.80. The quantitative estimate of drug-likeness (QED) is 0.883. The molecule has 0 fully saturated rings. The highest BCUT2D eigenvalue weighted by Crippen LogP contribution is 2.16. The van der Waals surface area contributed by atoms with Crippen molar-refractivity contribution >= 4 is 15.9 Å². The number of ether oxygens (including phenoxy) is 1. The molecule has 0 saturated heterocycles. The van der Waals surface area contributed by atoms with Gasteiger partial charge in [0.2, 0.25) is 5.89 Å². The minimum absolute atomic E-state index is 0.274.